The minimum absolute atomic E-state index is 0.0463. The van der Waals surface area contributed by atoms with Crippen LogP contribution < -0.4 is 5.69 Å². The Bertz CT molecular complexity index is 855. The van der Waals surface area contributed by atoms with E-state index in [0.717, 1.165) is 28.7 Å². The van der Waals surface area contributed by atoms with Crippen LogP contribution in [0.15, 0.2) is 50.8 Å². The Morgan fingerprint density at radius 3 is 2.82 bits per heavy atom. The van der Waals surface area contributed by atoms with E-state index in [1.165, 1.54) is 10.8 Å². The van der Waals surface area contributed by atoms with E-state index in [1.54, 1.807) is 0 Å². The quantitative estimate of drug-likeness (QED) is 0.565. The summed E-state index contributed by atoms with van der Waals surface area (Å²) in [6.07, 6.45) is 1.19. The summed E-state index contributed by atoms with van der Waals surface area (Å²) in [5.74, 6) is 0. The molecule has 0 saturated heterocycles. The lowest BCUT2D eigenvalue weighted by Crippen LogP contribution is -2.18. The van der Waals surface area contributed by atoms with E-state index in [9.17, 15) is 14.9 Å². The topological polar surface area (TPSA) is 107 Å². The highest BCUT2D eigenvalue weighted by Gasteiger charge is 2.16. The van der Waals surface area contributed by atoms with Gasteiger partial charge in [-0.25, -0.2) is 14.9 Å². The molecule has 0 atom stereocenters. The summed E-state index contributed by atoms with van der Waals surface area (Å²) in [6.45, 7) is 0.367. The third kappa shape index (κ3) is 3.07. The van der Waals surface area contributed by atoms with Gasteiger partial charge in [-0.05, 0) is 28.7 Å². The van der Waals surface area contributed by atoms with E-state index in [1.807, 2.05) is 30.3 Å². The second-order valence-corrected chi connectivity index (χ2v) is 6.43. The second kappa shape index (κ2) is 6.12. The maximum absolute atomic E-state index is 11.9. The molecule has 8 nitrogen and oxygen atoms in total. The van der Waals surface area contributed by atoms with Crippen LogP contribution in [0.1, 0.15) is 5.56 Å². The van der Waals surface area contributed by atoms with Crippen LogP contribution in [0.5, 0.6) is 0 Å². The van der Waals surface area contributed by atoms with Gasteiger partial charge in [0, 0.05) is 0 Å². The fraction of sp³-hybridized carbons (Fsp3) is 0.0833. The summed E-state index contributed by atoms with van der Waals surface area (Å²) in [7, 11) is 0. The van der Waals surface area contributed by atoms with Gasteiger partial charge < -0.3 is 0 Å². The molecule has 3 aromatic rings. The molecule has 0 aliphatic carbocycles. The monoisotopic (exact) mass is 335 g/mol. The van der Waals surface area contributed by atoms with Crippen LogP contribution in [0.25, 0.3) is 0 Å². The molecule has 0 saturated carbocycles. The van der Waals surface area contributed by atoms with Crippen molar-refractivity contribution >= 4 is 28.1 Å². The van der Waals surface area contributed by atoms with Crippen molar-refractivity contribution in [3.63, 3.8) is 0 Å². The van der Waals surface area contributed by atoms with Gasteiger partial charge >= 0.3 is 10.7 Å². The normalized spacial score (nSPS) is 10.7. The number of hydrogen-bond donors (Lipinski definition) is 1. The van der Waals surface area contributed by atoms with Crippen molar-refractivity contribution in [1.29, 1.82) is 0 Å². The van der Waals surface area contributed by atoms with Crippen LogP contribution in [0, 0.1) is 10.1 Å². The Labute approximate surface area is 132 Å². The maximum atomic E-state index is 11.9. The molecule has 0 unspecified atom stereocenters. The number of nitrogens with zero attached hydrogens (tertiary/aromatic N) is 4. The SMILES string of the molecule is O=c1[nH]nc(Sc2ncc([N+](=O)[O-])s2)n1Cc1ccccc1. The van der Waals surface area contributed by atoms with Crippen LogP contribution in [-0.4, -0.2) is 24.7 Å². The Morgan fingerprint density at radius 2 is 2.14 bits per heavy atom. The highest BCUT2D eigenvalue weighted by molar-refractivity contribution is 8.00. The molecular formula is C12H9N5O3S2. The fourth-order valence-electron chi connectivity index (χ4n) is 1.75. The minimum Gasteiger partial charge on any atom is -0.265 e. The fourth-order valence-corrected chi connectivity index (χ4v) is 3.47. The lowest BCUT2D eigenvalue weighted by atomic mass is 10.2. The zero-order valence-corrected chi connectivity index (χ0v) is 12.6. The van der Waals surface area contributed by atoms with Gasteiger partial charge in [-0.2, -0.15) is 0 Å². The lowest BCUT2D eigenvalue weighted by molar-refractivity contribution is -0.380. The van der Waals surface area contributed by atoms with E-state index >= 15 is 0 Å². The zero-order valence-electron chi connectivity index (χ0n) is 11.0. The summed E-state index contributed by atoms with van der Waals surface area (Å²) in [6, 6.07) is 9.48. The number of nitrogens with one attached hydrogen (secondary N) is 1. The molecule has 0 aliphatic rings. The first kappa shape index (κ1) is 14.5. The van der Waals surface area contributed by atoms with Gasteiger partial charge in [0.1, 0.15) is 6.20 Å². The molecular weight excluding hydrogens is 326 g/mol. The summed E-state index contributed by atoms with van der Waals surface area (Å²) in [5, 5.41) is 17.4. The van der Waals surface area contributed by atoms with Crippen molar-refractivity contribution in [1.82, 2.24) is 19.7 Å². The molecule has 0 spiro atoms. The molecule has 10 heteroatoms. The first-order valence-electron chi connectivity index (χ1n) is 6.10. The average Bonchev–Trinajstić information content (AvgIpc) is 3.11. The molecule has 22 heavy (non-hydrogen) atoms. The molecule has 3 rings (SSSR count). The van der Waals surface area contributed by atoms with Gasteiger partial charge in [-0.15, -0.1) is 5.10 Å². The molecule has 1 aromatic carbocycles. The van der Waals surface area contributed by atoms with E-state index in [2.05, 4.69) is 15.2 Å². The van der Waals surface area contributed by atoms with E-state index in [4.69, 9.17) is 0 Å². The van der Waals surface area contributed by atoms with Crippen LogP contribution in [0.3, 0.4) is 0 Å². The first-order valence-corrected chi connectivity index (χ1v) is 7.74. The standard InChI is InChI=1S/C12H9N5O3S2/c18-10-14-15-11(16(10)7-8-4-2-1-3-5-8)22-12-13-6-9(21-12)17(19)20/h1-6H,7H2,(H,14,18). The van der Waals surface area contributed by atoms with Gasteiger partial charge in [-0.1, -0.05) is 30.3 Å². The number of benzene rings is 1. The van der Waals surface area contributed by atoms with Crippen LogP contribution in [-0.2, 0) is 6.54 Å². The van der Waals surface area contributed by atoms with Crippen molar-refractivity contribution in [2.75, 3.05) is 0 Å². The predicted molar refractivity (Wildman–Crippen MR) is 81.3 cm³/mol. The van der Waals surface area contributed by atoms with Crippen molar-refractivity contribution in [3.8, 4) is 0 Å². The summed E-state index contributed by atoms with van der Waals surface area (Å²) >= 11 is 2.06. The molecule has 0 fully saturated rings. The molecule has 0 radical (unpaired) electrons. The minimum atomic E-state index is -0.497. The molecule has 0 aliphatic heterocycles. The van der Waals surface area contributed by atoms with Crippen LogP contribution in [0.4, 0.5) is 5.00 Å². The predicted octanol–water partition coefficient (Wildman–Crippen LogP) is 2.14. The van der Waals surface area contributed by atoms with E-state index < -0.39 is 4.92 Å². The van der Waals surface area contributed by atoms with Gasteiger partial charge in [0.25, 0.3) is 0 Å². The summed E-state index contributed by atoms with van der Waals surface area (Å²) < 4.78 is 1.92. The first-order chi connectivity index (χ1) is 10.6. The van der Waals surface area contributed by atoms with Gasteiger partial charge in [0.2, 0.25) is 0 Å². The molecule has 112 valence electrons. The smallest absolute Gasteiger partial charge is 0.265 e. The number of aromatic nitrogens is 4. The van der Waals surface area contributed by atoms with Crippen molar-refractivity contribution in [2.45, 2.75) is 16.0 Å². The molecule has 0 bridgehead atoms. The summed E-state index contributed by atoms with van der Waals surface area (Å²) in [5.41, 5.74) is 0.621. The third-order valence-corrected chi connectivity index (χ3v) is 4.76. The van der Waals surface area contributed by atoms with Crippen molar-refractivity contribution in [3.05, 3.63) is 62.7 Å². The number of rotatable bonds is 5. The Morgan fingerprint density at radius 1 is 1.36 bits per heavy atom. The van der Waals surface area contributed by atoms with E-state index in [-0.39, 0.29) is 10.7 Å². The molecule has 1 N–H and O–H groups in total. The highest BCUT2D eigenvalue weighted by Crippen LogP contribution is 2.32. The number of hydrogen-bond acceptors (Lipinski definition) is 7. The van der Waals surface area contributed by atoms with Gasteiger partial charge in [0.15, 0.2) is 9.50 Å². The van der Waals surface area contributed by atoms with Crippen molar-refractivity contribution in [2.24, 2.45) is 0 Å². The van der Waals surface area contributed by atoms with Crippen LogP contribution >= 0.6 is 23.1 Å². The molecule has 2 heterocycles. The lowest BCUT2D eigenvalue weighted by Gasteiger charge is -2.03. The second-order valence-electron chi connectivity index (χ2n) is 4.21. The summed E-state index contributed by atoms with van der Waals surface area (Å²) in [4.78, 5) is 26.0. The Balaban J connectivity index is 1.85. The highest BCUT2D eigenvalue weighted by atomic mass is 32.2. The third-order valence-electron chi connectivity index (χ3n) is 2.74. The Hall–Kier alpha value is -2.46. The molecule has 0 amide bonds. The molecule has 2 aromatic heterocycles. The largest absolute Gasteiger partial charge is 0.344 e. The maximum Gasteiger partial charge on any atom is 0.344 e. The van der Waals surface area contributed by atoms with Crippen molar-refractivity contribution < 1.29 is 4.92 Å². The van der Waals surface area contributed by atoms with Crippen LogP contribution in [0.2, 0.25) is 0 Å². The Kier molecular flexibility index (Phi) is 4.02. The van der Waals surface area contributed by atoms with E-state index in [0.29, 0.717) is 16.0 Å². The number of thiazole rings is 1. The van der Waals surface area contributed by atoms with Gasteiger partial charge in [0.05, 0.1) is 11.5 Å². The van der Waals surface area contributed by atoms with Gasteiger partial charge in [-0.3, -0.25) is 14.7 Å². The zero-order chi connectivity index (χ0) is 15.5. The average molecular weight is 335 g/mol. The number of H-pyrrole nitrogens is 1. The number of nitro groups is 1. The number of aromatic amines is 1.